The zero-order chi connectivity index (χ0) is 21.6. The lowest BCUT2D eigenvalue weighted by Crippen LogP contribution is -2.10. The van der Waals surface area contributed by atoms with Crippen molar-refractivity contribution in [3.05, 3.63) is 83.9 Å². The van der Waals surface area contributed by atoms with Crippen LogP contribution in [0.25, 0.3) is 22.0 Å². The molecule has 4 aromatic rings. The van der Waals surface area contributed by atoms with Crippen LogP contribution in [-0.2, 0) is 11.3 Å². The van der Waals surface area contributed by atoms with Crippen LogP contribution in [0.1, 0.15) is 22.8 Å². The van der Waals surface area contributed by atoms with Crippen LogP contribution in [0.4, 0.5) is 4.79 Å². The molecule has 156 valence electrons. The maximum atomic E-state index is 12.0. The van der Waals surface area contributed by atoms with E-state index in [1.165, 1.54) is 0 Å². The van der Waals surface area contributed by atoms with Gasteiger partial charge >= 0.3 is 6.16 Å². The minimum atomic E-state index is -0.791. The molecule has 0 amide bonds. The predicted molar refractivity (Wildman–Crippen MR) is 118 cm³/mol. The van der Waals surface area contributed by atoms with Crippen molar-refractivity contribution in [2.24, 2.45) is 0 Å². The Bertz CT molecular complexity index is 1200. The van der Waals surface area contributed by atoms with Crippen LogP contribution < -0.4 is 9.47 Å². The number of hydrogen-bond acceptors (Lipinski definition) is 5. The molecular formula is C25H21NO5. The third-order valence-electron chi connectivity index (χ3n) is 4.77. The highest BCUT2D eigenvalue weighted by Gasteiger charge is 2.19. The molecule has 0 aliphatic carbocycles. The van der Waals surface area contributed by atoms with E-state index in [0.717, 1.165) is 28.3 Å². The summed E-state index contributed by atoms with van der Waals surface area (Å²) < 4.78 is 16.3. The molecule has 0 bridgehead atoms. The van der Waals surface area contributed by atoms with Gasteiger partial charge in [-0.3, -0.25) is 4.79 Å². The summed E-state index contributed by atoms with van der Waals surface area (Å²) in [7, 11) is 0. The van der Waals surface area contributed by atoms with Gasteiger partial charge in [-0.1, -0.05) is 54.6 Å². The summed E-state index contributed by atoms with van der Waals surface area (Å²) in [6.07, 6.45) is -0.00821. The number of carbonyl (C=O) groups is 2. The number of ether oxygens (including phenoxy) is 3. The van der Waals surface area contributed by atoms with E-state index in [1.54, 1.807) is 19.1 Å². The van der Waals surface area contributed by atoms with Gasteiger partial charge < -0.3 is 19.2 Å². The minimum Gasteiger partial charge on any atom is -0.489 e. The van der Waals surface area contributed by atoms with Gasteiger partial charge in [0.05, 0.1) is 17.7 Å². The van der Waals surface area contributed by atoms with Crippen molar-refractivity contribution in [2.45, 2.75) is 13.5 Å². The summed E-state index contributed by atoms with van der Waals surface area (Å²) in [5, 5.41) is 0.852. The molecule has 0 saturated carbocycles. The van der Waals surface area contributed by atoms with E-state index in [4.69, 9.17) is 14.2 Å². The molecule has 0 aliphatic rings. The van der Waals surface area contributed by atoms with E-state index in [-0.39, 0.29) is 12.5 Å². The molecule has 0 aliphatic heterocycles. The Labute approximate surface area is 179 Å². The fraction of sp³-hybridized carbons (Fsp3) is 0.120. The van der Waals surface area contributed by atoms with Crippen molar-refractivity contribution in [3.63, 3.8) is 0 Å². The summed E-state index contributed by atoms with van der Waals surface area (Å²) in [6.45, 7) is 2.36. The van der Waals surface area contributed by atoms with Crippen molar-refractivity contribution in [2.75, 3.05) is 6.61 Å². The first-order valence-corrected chi connectivity index (χ1v) is 9.90. The number of nitrogens with one attached hydrogen (secondary N) is 1. The number of fused-ring (bicyclic) bond motifs is 1. The van der Waals surface area contributed by atoms with Gasteiger partial charge in [-0.2, -0.15) is 0 Å². The van der Waals surface area contributed by atoms with Crippen LogP contribution in [0.2, 0.25) is 0 Å². The Balaban J connectivity index is 1.70. The Morgan fingerprint density at radius 1 is 1.00 bits per heavy atom. The Morgan fingerprint density at radius 3 is 2.48 bits per heavy atom. The second-order valence-electron chi connectivity index (χ2n) is 6.84. The van der Waals surface area contributed by atoms with E-state index in [0.29, 0.717) is 23.5 Å². The highest BCUT2D eigenvalue weighted by Crippen LogP contribution is 2.39. The molecule has 1 N–H and O–H groups in total. The van der Waals surface area contributed by atoms with Crippen molar-refractivity contribution < 1.29 is 23.8 Å². The van der Waals surface area contributed by atoms with Gasteiger partial charge in [0, 0.05) is 17.0 Å². The summed E-state index contributed by atoms with van der Waals surface area (Å²) in [5.74, 6) is 0.954. The molecule has 0 unspecified atom stereocenters. The Morgan fingerprint density at radius 2 is 1.77 bits per heavy atom. The van der Waals surface area contributed by atoms with Crippen LogP contribution >= 0.6 is 0 Å². The molecule has 6 nitrogen and oxygen atoms in total. The highest BCUT2D eigenvalue weighted by molar-refractivity contribution is 6.00. The standard InChI is InChI=1S/C25H21NO5/c1-2-29-25(28)31-24-23(19-10-8-17(15-27)9-11-19)21-13-12-20(14-22(21)26-24)30-16-18-6-4-3-5-7-18/h3-15,26H,2,16H2,1H3. The van der Waals surface area contributed by atoms with Crippen LogP contribution in [0.3, 0.4) is 0 Å². The summed E-state index contributed by atoms with van der Waals surface area (Å²) in [6, 6.07) is 22.6. The Kier molecular flexibility index (Phi) is 5.98. The van der Waals surface area contributed by atoms with E-state index >= 15 is 0 Å². The number of benzene rings is 3. The monoisotopic (exact) mass is 415 g/mol. The molecule has 1 heterocycles. The van der Waals surface area contributed by atoms with Crippen LogP contribution in [0.5, 0.6) is 11.6 Å². The average molecular weight is 415 g/mol. The van der Waals surface area contributed by atoms with Gasteiger partial charge in [-0.05, 0) is 30.2 Å². The van der Waals surface area contributed by atoms with Crippen LogP contribution in [-0.4, -0.2) is 24.0 Å². The van der Waals surface area contributed by atoms with E-state index < -0.39 is 6.16 Å². The van der Waals surface area contributed by atoms with Crippen molar-refractivity contribution in [3.8, 4) is 22.8 Å². The van der Waals surface area contributed by atoms with E-state index in [2.05, 4.69) is 4.98 Å². The SMILES string of the molecule is CCOC(=O)Oc1[nH]c2cc(OCc3ccccc3)ccc2c1-c1ccc(C=O)cc1. The van der Waals surface area contributed by atoms with Gasteiger partial charge in [0.2, 0.25) is 5.88 Å². The number of aldehydes is 1. The number of aromatic nitrogens is 1. The molecule has 31 heavy (non-hydrogen) atoms. The van der Waals surface area contributed by atoms with Crippen molar-refractivity contribution in [1.29, 1.82) is 0 Å². The third kappa shape index (κ3) is 4.59. The maximum Gasteiger partial charge on any atom is 0.515 e. The molecule has 0 fully saturated rings. The van der Waals surface area contributed by atoms with E-state index in [9.17, 15) is 9.59 Å². The predicted octanol–water partition coefficient (Wildman–Crippen LogP) is 5.76. The van der Waals surface area contributed by atoms with Crippen LogP contribution in [0, 0.1) is 0 Å². The number of rotatable bonds is 7. The molecule has 4 rings (SSSR count). The van der Waals surface area contributed by atoms with Gasteiger partial charge in [0.1, 0.15) is 18.6 Å². The zero-order valence-corrected chi connectivity index (χ0v) is 17.0. The first kappa shape index (κ1) is 20.2. The van der Waals surface area contributed by atoms with Gasteiger partial charge in [-0.15, -0.1) is 0 Å². The molecule has 0 radical (unpaired) electrons. The fourth-order valence-corrected chi connectivity index (χ4v) is 3.30. The maximum absolute atomic E-state index is 12.0. The van der Waals surface area contributed by atoms with Gasteiger partial charge in [0.25, 0.3) is 0 Å². The molecular weight excluding hydrogens is 394 g/mol. The first-order chi connectivity index (χ1) is 15.2. The molecule has 0 atom stereocenters. The highest BCUT2D eigenvalue weighted by atomic mass is 16.7. The number of aromatic amines is 1. The normalized spacial score (nSPS) is 10.6. The second kappa shape index (κ2) is 9.17. The third-order valence-corrected chi connectivity index (χ3v) is 4.77. The van der Waals surface area contributed by atoms with Gasteiger partial charge in [0.15, 0.2) is 0 Å². The number of hydrogen-bond donors (Lipinski definition) is 1. The number of carbonyl (C=O) groups excluding carboxylic acids is 2. The molecule has 1 aromatic heterocycles. The largest absolute Gasteiger partial charge is 0.515 e. The second-order valence-corrected chi connectivity index (χ2v) is 6.84. The molecule has 0 spiro atoms. The molecule has 6 heteroatoms. The number of H-pyrrole nitrogens is 1. The zero-order valence-electron chi connectivity index (χ0n) is 17.0. The fourth-order valence-electron chi connectivity index (χ4n) is 3.30. The summed E-state index contributed by atoms with van der Waals surface area (Å²) in [5.41, 5.74) is 3.88. The molecule has 0 saturated heterocycles. The lowest BCUT2D eigenvalue weighted by Gasteiger charge is -2.07. The first-order valence-electron chi connectivity index (χ1n) is 9.90. The van der Waals surface area contributed by atoms with Crippen LogP contribution in [0.15, 0.2) is 72.8 Å². The van der Waals surface area contributed by atoms with Crippen molar-refractivity contribution in [1.82, 2.24) is 4.98 Å². The van der Waals surface area contributed by atoms with Gasteiger partial charge in [-0.25, -0.2) is 4.79 Å². The Hall–Kier alpha value is -4.06. The minimum absolute atomic E-state index is 0.208. The van der Waals surface area contributed by atoms with Crippen molar-refractivity contribution >= 4 is 23.3 Å². The smallest absolute Gasteiger partial charge is 0.489 e. The molecule has 3 aromatic carbocycles. The summed E-state index contributed by atoms with van der Waals surface area (Å²) in [4.78, 5) is 26.1. The topological polar surface area (TPSA) is 77.6 Å². The summed E-state index contributed by atoms with van der Waals surface area (Å²) >= 11 is 0. The van der Waals surface area contributed by atoms with E-state index in [1.807, 2.05) is 60.7 Å². The average Bonchev–Trinajstić information content (AvgIpc) is 3.15. The quantitative estimate of drug-likeness (QED) is 0.307. The lowest BCUT2D eigenvalue weighted by molar-refractivity contribution is 0.103. The lowest BCUT2D eigenvalue weighted by atomic mass is 10.0.